The number of H-pyrrole nitrogens is 1. The van der Waals surface area contributed by atoms with Crippen LogP contribution < -0.4 is 5.56 Å². The molecule has 0 atom stereocenters. The summed E-state index contributed by atoms with van der Waals surface area (Å²) >= 11 is 1.53. The highest BCUT2D eigenvalue weighted by Crippen LogP contribution is 2.22. The van der Waals surface area contributed by atoms with Gasteiger partial charge in [0.05, 0.1) is 16.8 Å². The van der Waals surface area contributed by atoms with Crippen molar-refractivity contribution >= 4 is 33.2 Å². The average Bonchev–Trinajstić information content (AvgIpc) is 3.17. The molecule has 3 aromatic heterocycles. The van der Waals surface area contributed by atoms with Gasteiger partial charge in [-0.05, 0) is 19.1 Å². The van der Waals surface area contributed by atoms with Gasteiger partial charge in [0.15, 0.2) is 0 Å². The van der Waals surface area contributed by atoms with E-state index in [4.69, 9.17) is 0 Å². The number of hydrogen-bond acceptors (Lipinski definition) is 6. The number of para-hydroxylation sites is 1. The molecule has 1 N–H and O–H groups in total. The number of rotatable bonds is 3. The monoisotopic (exact) mass is 354 g/mol. The average molecular weight is 354 g/mol. The van der Waals surface area contributed by atoms with Crippen molar-refractivity contribution in [2.75, 3.05) is 7.05 Å². The van der Waals surface area contributed by atoms with Gasteiger partial charge in [-0.15, -0.1) is 11.3 Å². The topological polar surface area (TPSA) is 96.2 Å². The first-order chi connectivity index (χ1) is 12.0. The molecule has 1 aromatic carbocycles. The summed E-state index contributed by atoms with van der Waals surface area (Å²) in [4.78, 5) is 39.2. The third kappa shape index (κ3) is 2.68. The van der Waals surface area contributed by atoms with E-state index in [1.807, 2.05) is 24.3 Å². The molecule has 0 saturated carbocycles. The predicted molar refractivity (Wildman–Crippen MR) is 93.8 cm³/mol. The molecule has 4 rings (SSSR count). The predicted octanol–water partition coefficient (Wildman–Crippen LogP) is 1.61. The first-order valence-corrected chi connectivity index (χ1v) is 8.39. The molecule has 0 fully saturated rings. The lowest BCUT2D eigenvalue weighted by atomic mass is 10.3. The van der Waals surface area contributed by atoms with Gasteiger partial charge in [-0.2, -0.15) is 9.50 Å². The summed E-state index contributed by atoms with van der Waals surface area (Å²) in [5.41, 5.74) is 0.427. The molecule has 126 valence electrons. The Morgan fingerprint density at radius 2 is 2.12 bits per heavy atom. The van der Waals surface area contributed by atoms with Crippen LogP contribution in [0.25, 0.3) is 16.0 Å². The van der Waals surface area contributed by atoms with Crippen LogP contribution in [0.1, 0.15) is 21.2 Å². The second-order valence-corrected chi connectivity index (χ2v) is 6.77. The van der Waals surface area contributed by atoms with Gasteiger partial charge >= 0.3 is 0 Å². The van der Waals surface area contributed by atoms with Crippen molar-refractivity contribution in [1.82, 2.24) is 29.5 Å². The number of aromatic nitrogens is 5. The Morgan fingerprint density at radius 1 is 1.32 bits per heavy atom. The first-order valence-electron chi connectivity index (χ1n) is 7.57. The van der Waals surface area contributed by atoms with Crippen LogP contribution >= 0.6 is 11.3 Å². The number of aryl methyl sites for hydroxylation is 1. The Labute approximate surface area is 145 Å². The molecule has 0 aliphatic rings. The molecule has 1 amide bonds. The molecule has 25 heavy (non-hydrogen) atoms. The zero-order valence-electron chi connectivity index (χ0n) is 13.6. The molecule has 0 aliphatic carbocycles. The summed E-state index contributed by atoms with van der Waals surface area (Å²) in [7, 11) is 1.64. The number of hydrogen-bond donors (Lipinski definition) is 1. The van der Waals surface area contributed by atoms with Gasteiger partial charge < -0.3 is 4.90 Å². The highest BCUT2D eigenvalue weighted by molar-refractivity contribution is 7.18. The van der Waals surface area contributed by atoms with Crippen molar-refractivity contribution in [2.45, 2.75) is 13.5 Å². The van der Waals surface area contributed by atoms with Crippen LogP contribution in [0.2, 0.25) is 0 Å². The number of thiazole rings is 1. The van der Waals surface area contributed by atoms with Gasteiger partial charge in [0.25, 0.3) is 17.2 Å². The van der Waals surface area contributed by atoms with E-state index in [9.17, 15) is 9.59 Å². The summed E-state index contributed by atoms with van der Waals surface area (Å²) in [6.07, 6.45) is 1.27. The number of nitrogens with one attached hydrogen (secondary N) is 1. The smallest absolute Gasteiger partial charge is 0.286 e. The molecule has 0 spiro atoms. The summed E-state index contributed by atoms with van der Waals surface area (Å²) < 4.78 is 2.24. The van der Waals surface area contributed by atoms with E-state index in [1.165, 1.54) is 26.9 Å². The minimum atomic E-state index is -0.466. The third-order valence-electron chi connectivity index (χ3n) is 3.77. The largest absolute Gasteiger partial charge is 0.335 e. The van der Waals surface area contributed by atoms with Crippen molar-refractivity contribution in [3.63, 3.8) is 0 Å². The van der Waals surface area contributed by atoms with Gasteiger partial charge in [-0.1, -0.05) is 12.1 Å². The number of aromatic amines is 1. The number of amides is 1. The number of carbonyl (C=O) groups is 1. The maximum Gasteiger partial charge on any atom is 0.286 e. The lowest BCUT2D eigenvalue weighted by molar-refractivity contribution is 0.0782. The van der Waals surface area contributed by atoms with Crippen molar-refractivity contribution < 1.29 is 4.79 Å². The van der Waals surface area contributed by atoms with Crippen molar-refractivity contribution in [2.24, 2.45) is 0 Å². The summed E-state index contributed by atoms with van der Waals surface area (Å²) in [5, 5.41) is 3.59. The molecule has 0 radical (unpaired) electrons. The quantitative estimate of drug-likeness (QED) is 0.603. The van der Waals surface area contributed by atoms with Crippen molar-refractivity contribution in [3.05, 3.63) is 57.2 Å². The first kappa shape index (κ1) is 15.5. The fourth-order valence-electron chi connectivity index (χ4n) is 2.58. The second-order valence-electron chi connectivity index (χ2n) is 5.66. The fourth-order valence-corrected chi connectivity index (χ4v) is 3.60. The zero-order chi connectivity index (χ0) is 17.6. The van der Waals surface area contributed by atoms with E-state index in [1.54, 1.807) is 14.0 Å². The number of carbonyl (C=O) groups excluding carboxylic acids is 1. The number of fused-ring (bicyclic) bond motifs is 2. The SMILES string of the molecule is Cc1nc2ncc(C(=O)N(C)Cc3nc4ccccc4s3)c(=O)n2[nH]1. The van der Waals surface area contributed by atoms with Gasteiger partial charge in [0.2, 0.25) is 0 Å². The maximum atomic E-state index is 12.7. The lowest BCUT2D eigenvalue weighted by Crippen LogP contribution is -2.33. The van der Waals surface area contributed by atoms with Crippen LogP contribution in [-0.4, -0.2) is 42.4 Å². The Hall–Kier alpha value is -3.07. The van der Waals surface area contributed by atoms with Gasteiger partial charge in [-0.3, -0.25) is 14.7 Å². The van der Waals surface area contributed by atoms with Crippen LogP contribution in [0.5, 0.6) is 0 Å². The number of benzene rings is 1. The molecule has 0 unspecified atom stereocenters. The summed E-state index contributed by atoms with van der Waals surface area (Å²) in [6, 6.07) is 7.80. The van der Waals surface area contributed by atoms with E-state index in [-0.39, 0.29) is 11.3 Å². The Morgan fingerprint density at radius 3 is 2.92 bits per heavy atom. The van der Waals surface area contributed by atoms with E-state index in [0.29, 0.717) is 12.4 Å². The molecular weight excluding hydrogens is 340 g/mol. The van der Waals surface area contributed by atoms with E-state index >= 15 is 0 Å². The lowest BCUT2D eigenvalue weighted by Gasteiger charge is -2.14. The maximum absolute atomic E-state index is 12.7. The van der Waals surface area contributed by atoms with Crippen molar-refractivity contribution in [3.8, 4) is 0 Å². The summed E-state index contributed by atoms with van der Waals surface area (Å²) in [5.74, 6) is 0.392. The zero-order valence-corrected chi connectivity index (χ0v) is 14.4. The van der Waals surface area contributed by atoms with Gasteiger partial charge in [0, 0.05) is 13.2 Å². The molecule has 0 saturated heterocycles. The highest BCUT2D eigenvalue weighted by atomic mass is 32.1. The Kier molecular flexibility index (Phi) is 3.57. The Balaban J connectivity index is 1.63. The van der Waals surface area contributed by atoms with E-state index in [0.717, 1.165) is 15.2 Å². The van der Waals surface area contributed by atoms with Gasteiger partial charge in [0.1, 0.15) is 16.4 Å². The standard InChI is InChI=1S/C16H14N6O2S/c1-9-18-16-17-7-10(15(24)22(16)20-9)14(23)21(2)8-13-19-11-5-3-4-6-12(11)25-13/h3-7H,8H2,1-2H3,(H,17,18,20). The minimum absolute atomic E-state index is 0.00948. The Bertz CT molecular complexity index is 1130. The van der Waals surface area contributed by atoms with E-state index in [2.05, 4.69) is 20.1 Å². The minimum Gasteiger partial charge on any atom is -0.335 e. The van der Waals surface area contributed by atoms with Crippen LogP contribution in [0.15, 0.2) is 35.3 Å². The second kappa shape index (κ2) is 5.78. The summed E-state index contributed by atoms with van der Waals surface area (Å²) in [6.45, 7) is 2.04. The molecule has 0 bridgehead atoms. The number of nitrogens with zero attached hydrogens (tertiary/aromatic N) is 5. The molecule has 9 heteroatoms. The van der Waals surface area contributed by atoms with E-state index < -0.39 is 11.5 Å². The fraction of sp³-hybridized carbons (Fsp3) is 0.188. The normalized spacial score (nSPS) is 11.3. The third-order valence-corrected chi connectivity index (χ3v) is 4.79. The van der Waals surface area contributed by atoms with Crippen molar-refractivity contribution in [1.29, 1.82) is 0 Å². The van der Waals surface area contributed by atoms with Crippen LogP contribution in [0.3, 0.4) is 0 Å². The molecular formula is C16H14N6O2S. The molecule has 3 heterocycles. The van der Waals surface area contributed by atoms with Crippen LogP contribution in [0, 0.1) is 6.92 Å². The van der Waals surface area contributed by atoms with Crippen LogP contribution in [0.4, 0.5) is 0 Å². The molecule has 4 aromatic rings. The molecule has 8 nitrogen and oxygen atoms in total. The van der Waals surface area contributed by atoms with Crippen LogP contribution in [-0.2, 0) is 6.54 Å². The molecule has 0 aliphatic heterocycles. The highest BCUT2D eigenvalue weighted by Gasteiger charge is 2.20. The van der Waals surface area contributed by atoms with Gasteiger partial charge in [-0.25, -0.2) is 9.97 Å².